The number of piperazine rings is 1. The van der Waals surface area contributed by atoms with E-state index in [1.807, 2.05) is 0 Å². The third-order valence-electron chi connectivity index (χ3n) is 3.49. The highest BCUT2D eigenvalue weighted by atomic mass is 16.3. The van der Waals surface area contributed by atoms with Crippen molar-refractivity contribution in [1.82, 2.24) is 20.2 Å². The van der Waals surface area contributed by atoms with E-state index in [4.69, 9.17) is 0 Å². The standard InChI is InChI=1S/C14H23N5O2/c1-14(2,21)12(20)15-8-11-9-16-13(17-10-11)19-6-4-18(3)5-7-19/h9-10,21H,4-8H2,1-3H3,(H,15,20). The largest absolute Gasteiger partial charge is 0.381 e. The number of aliphatic hydroxyl groups is 1. The van der Waals surface area contributed by atoms with E-state index in [2.05, 4.69) is 32.1 Å². The molecule has 2 N–H and O–H groups in total. The van der Waals surface area contributed by atoms with Crippen LogP contribution in [0.4, 0.5) is 5.95 Å². The average molecular weight is 293 g/mol. The summed E-state index contributed by atoms with van der Waals surface area (Å²) in [6.07, 6.45) is 3.43. The van der Waals surface area contributed by atoms with Gasteiger partial charge in [0.1, 0.15) is 5.60 Å². The van der Waals surface area contributed by atoms with Crippen LogP contribution in [0.1, 0.15) is 19.4 Å². The molecule has 1 aromatic rings. The number of carbonyl (C=O) groups is 1. The van der Waals surface area contributed by atoms with Crippen LogP contribution >= 0.6 is 0 Å². The highest BCUT2D eigenvalue weighted by molar-refractivity contribution is 5.83. The molecule has 7 heteroatoms. The van der Waals surface area contributed by atoms with Gasteiger partial charge in [-0.05, 0) is 20.9 Å². The van der Waals surface area contributed by atoms with E-state index < -0.39 is 11.5 Å². The molecule has 2 rings (SSSR count). The maximum absolute atomic E-state index is 11.6. The summed E-state index contributed by atoms with van der Waals surface area (Å²) < 4.78 is 0. The number of nitrogens with one attached hydrogen (secondary N) is 1. The molecule has 0 saturated carbocycles. The number of anilines is 1. The lowest BCUT2D eigenvalue weighted by Gasteiger charge is -2.32. The number of nitrogens with zero attached hydrogens (tertiary/aromatic N) is 4. The van der Waals surface area contributed by atoms with Crippen molar-refractivity contribution in [3.8, 4) is 0 Å². The van der Waals surface area contributed by atoms with E-state index in [9.17, 15) is 9.90 Å². The first-order chi connectivity index (χ1) is 9.86. The van der Waals surface area contributed by atoms with Crippen LogP contribution in [0, 0.1) is 0 Å². The fraction of sp³-hybridized carbons (Fsp3) is 0.643. The Hall–Kier alpha value is -1.73. The van der Waals surface area contributed by atoms with E-state index in [0.29, 0.717) is 6.54 Å². The summed E-state index contributed by atoms with van der Waals surface area (Å²) in [7, 11) is 2.10. The summed E-state index contributed by atoms with van der Waals surface area (Å²) >= 11 is 0. The van der Waals surface area contributed by atoms with Crippen LogP contribution in [0.2, 0.25) is 0 Å². The molecule has 1 aliphatic rings. The zero-order valence-corrected chi connectivity index (χ0v) is 12.8. The first-order valence-corrected chi connectivity index (χ1v) is 7.11. The predicted octanol–water partition coefficient (Wildman–Crippen LogP) is -0.384. The Morgan fingerprint density at radius 2 is 1.86 bits per heavy atom. The highest BCUT2D eigenvalue weighted by Crippen LogP contribution is 2.10. The third kappa shape index (κ3) is 4.37. The maximum atomic E-state index is 11.6. The van der Waals surface area contributed by atoms with E-state index in [1.165, 1.54) is 13.8 Å². The van der Waals surface area contributed by atoms with Gasteiger partial charge in [-0.2, -0.15) is 0 Å². The summed E-state index contributed by atoms with van der Waals surface area (Å²) in [5.41, 5.74) is -0.564. The second kappa shape index (κ2) is 6.36. The Balaban J connectivity index is 1.89. The molecule has 0 unspecified atom stereocenters. The minimum atomic E-state index is -1.37. The second-order valence-corrected chi connectivity index (χ2v) is 5.92. The molecule has 1 aliphatic heterocycles. The maximum Gasteiger partial charge on any atom is 0.251 e. The number of aromatic nitrogens is 2. The summed E-state index contributed by atoms with van der Waals surface area (Å²) in [5, 5.41) is 12.2. The van der Waals surface area contributed by atoms with Gasteiger partial charge in [0.25, 0.3) is 5.91 Å². The Morgan fingerprint density at radius 3 is 2.38 bits per heavy atom. The molecule has 0 bridgehead atoms. The first-order valence-electron chi connectivity index (χ1n) is 7.11. The monoisotopic (exact) mass is 293 g/mol. The van der Waals surface area contributed by atoms with Crippen LogP contribution in [-0.4, -0.2) is 64.7 Å². The van der Waals surface area contributed by atoms with Gasteiger partial charge < -0.3 is 20.2 Å². The van der Waals surface area contributed by atoms with Gasteiger partial charge >= 0.3 is 0 Å². The van der Waals surface area contributed by atoms with E-state index >= 15 is 0 Å². The average Bonchev–Trinajstić information content (AvgIpc) is 2.45. The molecule has 1 fully saturated rings. The lowest BCUT2D eigenvalue weighted by molar-refractivity contribution is -0.136. The summed E-state index contributed by atoms with van der Waals surface area (Å²) in [4.78, 5) is 24.7. The zero-order valence-electron chi connectivity index (χ0n) is 12.8. The SMILES string of the molecule is CN1CCN(c2ncc(CNC(=O)C(C)(C)O)cn2)CC1. The van der Waals surface area contributed by atoms with Crippen LogP contribution in [0.25, 0.3) is 0 Å². The van der Waals surface area contributed by atoms with E-state index in [0.717, 1.165) is 37.7 Å². The third-order valence-corrected chi connectivity index (χ3v) is 3.49. The van der Waals surface area contributed by atoms with Crippen molar-refractivity contribution in [3.63, 3.8) is 0 Å². The minimum Gasteiger partial charge on any atom is -0.381 e. The molecule has 0 spiro atoms. The first kappa shape index (κ1) is 15.7. The number of hydrogen-bond acceptors (Lipinski definition) is 6. The molecule has 2 heterocycles. The number of amides is 1. The minimum absolute atomic E-state index is 0.311. The van der Waals surface area contributed by atoms with Gasteiger partial charge in [-0.25, -0.2) is 9.97 Å². The van der Waals surface area contributed by atoms with Crippen LogP contribution in [0.3, 0.4) is 0 Å². The number of likely N-dealkylation sites (N-methyl/N-ethyl adjacent to an activating group) is 1. The lowest BCUT2D eigenvalue weighted by atomic mass is 10.1. The van der Waals surface area contributed by atoms with Crippen molar-refractivity contribution in [2.75, 3.05) is 38.1 Å². The number of hydrogen-bond donors (Lipinski definition) is 2. The smallest absolute Gasteiger partial charge is 0.251 e. The summed E-state index contributed by atoms with van der Waals surface area (Å²) in [5.74, 6) is 0.311. The van der Waals surface area contributed by atoms with Gasteiger partial charge in [0.15, 0.2) is 0 Å². The molecule has 1 aromatic heterocycles. The highest BCUT2D eigenvalue weighted by Gasteiger charge is 2.23. The van der Waals surface area contributed by atoms with Crippen LogP contribution in [0.15, 0.2) is 12.4 Å². The van der Waals surface area contributed by atoms with Crippen LogP contribution in [-0.2, 0) is 11.3 Å². The molecular weight excluding hydrogens is 270 g/mol. The topological polar surface area (TPSA) is 81.6 Å². The fourth-order valence-electron chi connectivity index (χ4n) is 2.01. The van der Waals surface area contributed by atoms with Crippen molar-refractivity contribution in [2.24, 2.45) is 0 Å². The van der Waals surface area contributed by atoms with Gasteiger partial charge in [-0.15, -0.1) is 0 Å². The number of carbonyl (C=O) groups excluding carboxylic acids is 1. The molecule has 0 aliphatic carbocycles. The predicted molar refractivity (Wildman–Crippen MR) is 79.9 cm³/mol. The van der Waals surface area contributed by atoms with Gasteiger partial charge in [0.05, 0.1) is 0 Å². The number of rotatable bonds is 4. The fourth-order valence-corrected chi connectivity index (χ4v) is 2.01. The van der Waals surface area contributed by atoms with Crippen molar-refractivity contribution >= 4 is 11.9 Å². The second-order valence-electron chi connectivity index (χ2n) is 5.92. The molecular formula is C14H23N5O2. The van der Waals surface area contributed by atoms with Crippen LogP contribution < -0.4 is 10.2 Å². The molecule has 0 radical (unpaired) electrons. The van der Waals surface area contributed by atoms with Gasteiger partial charge in [-0.3, -0.25) is 4.79 Å². The zero-order chi connectivity index (χ0) is 15.5. The normalized spacial score (nSPS) is 16.9. The molecule has 1 saturated heterocycles. The molecule has 0 atom stereocenters. The van der Waals surface area contributed by atoms with Gasteiger partial charge in [0.2, 0.25) is 5.95 Å². The summed E-state index contributed by atoms with van der Waals surface area (Å²) in [6.45, 7) is 7.08. The molecule has 7 nitrogen and oxygen atoms in total. The molecule has 116 valence electrons. The Morgan fingerprint density at radius 1 is 1.29 bits per heavy atom. The quantitative estimate of drug-likeness (QED) is 0.787. The Bertz CT molecular complexity index is 475. The molecule has 1 amide bonds. The van der Waals surface area contributed by atoms with Crippen molar-refractivity contribution in [1.29, 1.82) is 0 Å². The molecule has 21 heavy (non-hydrogen) atoms. The Kier molecular flexibility index (Phi) is 4.74. The van der Waals surface area contributed by atoms with Crippen molar-refractivity contribution < 1.29 is 9.90 Å². The lowest BCUT2D eigenvalue weighted by Crippen LogP contribution is -2.45. The van der Waals surface area contributed by atoms with Gasteiger partial charge in [-0.1, -0.05) is 0 Å². The molecule has 0 aromatic carbocycles. The summed E-state index contributed by atoms with van der Waals surface area (Å²) in [6, 6.07) is 0. The van der Waals surface area contributed by atoms with Crippen molar-refractivity contribution in [3.05, 3.63) is 18.0 Å². The van der Waals surface area contributed by atoms with Crippen LogP contribution in [0.5, 0.6) is 0 Å². The van der Waals surface area contributed by atoms with E-state index in [-0.39, 0.29) is 0 Å². The van der Waals surface area contributed by atoms with Crippen molar-refractivity contribution in [2.45, 2.75) is 26.0 Å². The Labute approximate surface area is 125 Å². The van der Waals surface area contributed by atoms with Gasteiger partial charge in [0, 0.05) is 50.7 Å². The van der Waals surface area contributed by atoms with E-state index in [1.54, 1.807) is 12.4 Å².